The number of hydrogen-bond donors (Lipinski definition) is 2. The summed E-state index contributed by atoms with van der Waals surface area (Å²) in [7, 11) is 0. The van der Waals surface area contributed by atoms with Crippen molar-refractivity contribution in [3.8, 4) is 0 Å². The van der Waals surface area contributed by atoms with Crippen LogP contribution in [0.2, 0.25) is 10.0 Å². The van der Waals surface area contributed by atoms with E-state index in [4.69, 9.17) is 28.2 Å². The summed E-state index contributed by atoms with van der Waals surface area (Å²) in [6.45, 7) is -0.108. The Kier molecular flexibility index (Phi) is 3.79. The first-order valence-corrected chi connectivity index (χ1v) is 8.45. The molecule has 1 saturated carbocycles. The molecule has 0 radical (unpaired) electrons. The van der Waals surface area contributed by atoms with Gasteiger partial charge >= 0.3 is 0 Å². The second-order valence-corrected chi connectivity index (χ2v) is 6.72. The zero-order valence-corrected chi connectivity index (χ0v) is 13.9. The van der Waals surface area contributed by atoms with E-state index in [0.29, 0.717) is 27.4 Å². The van der Waals surface area contributed by atoms with Gasteiger partial charge in [0, 0.05) is 6.04 Å². The van der Waals surface area contributed by atoms with Crippen molar-refractivity contribution in [2.45, 2.75) is 38.3 Å². The van der Waals surface area contributed by atoms with Crippen LogP contribution in [0.3, 0.4) is 0 Å². The van der Waals surface area contributed by atoms with Gasteiger partial charge in [-0.25, -0.2) is 9.97 Å². The zero-order valence-electron chi connectivity index (χ0n) is 12.4. The van der Waals surface area contributed by atoms with E-state index in [0.717, 1.165) is 29.7 Å². The van der Waals surface area contributed by atoms with Gasteiger partial charge in [0.1, 0.15) is 0 Å². The predicted molar refractivity (Wildman–Crippen MR) is 92.3 cm³/mol. The lowest BCUT2D eigenvalue weighted by molar-refractivity contribution is 0.276. The number of aliphatic hydroxyl groups is 1. The third kappa shape index (κ3) is 2.53. The third-order valence-corrected chi connectivity index (χ3v) is 5.12. The molecule has 2 aromatic heterocycles. The predicted octanol–water partition coefficient (Wildman–Crippen LogP) is 4.04. The molecule has 120 valence electrons. The van der Waals surface area contributed by atoms with Crippen molar-refractivity contribution in [3.05, 3.63) is 34.1 Å². The Bertz CT molecular complexity index is 887. The second kappa shape index (κ2) is 5.82. The van der Waals surface area contributed by atoms with Crippen LogP contribution < -0.4 is 5.32 Å². The first kappa shape index (κ1) is 15.0. The second-order valence-electron chi connectivity index (χ2n) is 5.91. The maximum absolute atomic E-state index is 9.62. The average Bonchev–Trinajstić information content (AvgIpc) is 3.18. The fourth-order valence-corrected chi connectivity index (χ4v) is 3.58. The van der Waals surface area contributed by atoms with Gasteiger partial charge < -0.3 is 10.4 Å². The number of anilines is 1. The molecule has 1 aliphatic rings. The van der Waals surface area contributed by atoms with Crippen LogP contribution in [0, 0.1) is 0 Å². The Balaban J connectivity index is 1.97. The summed E-state index contributed by atoms with van der Waals surface area (Å²) in [6, 6.07) is 3.93. The minimum Gasteiger partial charge on any atom is -0.390 e. The molecule has 0 atom stereocenters. The van der Waals surface area contributed by atoms with Gasteiger partial charge in [-0.05, 0) is 25.0 Å². The lowest BCUT2D eigenvalue weighted by atomic mass is 10.2. The van der Waals surface area contributed by atoms with Gasteiger partial charge in [0.05, 0.1) is 39.6 Å². The minimum atomic E-state index is -0.108. The van der Waals surface area contributed by atoms with Crippen LogP contribution in [0.4, 0.5) is 5.82 Å². The van der Waals surface area contributed by atoms with Crippen LogP contribution in [-0.2, 0) is 6.61 Å². The van der Waals surface area contributed by atoms with Crippen molar-refractivity contribution in [1.29, 1.82) is 0 Å². The van der Waals surface area contributed by atoms with Crippen LogP contribution in [0.5, 0.6) is 0 Å². The lowest BCUT2D eigenvalue weighted by Crippen LogP contribution is -2.16. The molecule has 0 aliphatic heterocycles. The highest BCUT2D eigenvalue weighted by Gasteiger charge is 2.19. The summed E-state index contributed by atoms with van der Waals surface area (Å²) in [5.41, 5.74) is 2.90. The molecule has 23 heavy (non-hydrogen) atoms. The number of hydrogen-bond acceptors (Lipinski definition) is 4. The van der Waals surface area contributed by atoms with Crippen molar-refractivity contribution in [2.75, 3.05) is 5.32 Å². The molecule has 7 heteroatoms. The van der Waals surface area contributed by atoms with Gasteiger partial charge in [0.2, 0.25) is 0 Å². The van der Waals surface area contributed by atoms with E-state index < -0.39 is 0 Å². The molecule has 2 N–H and O–H groups in total. The molecule has 0 saturated heterocycles. The van der Waals surface area contributed by atoms with Crippen molar-refractivity contribution < 1.29 is 5.11 Å². The van der Waals surface area contributed by atoms with Crippen molar-refractivity contribution in [1.82, 2.24) is 14.4 Å². The normalized spacial score (nSPS) is 15.8. The van der Waals surface area contributed by atoms with Crippen molar-refractivity contribution in [2.24, 2.45) is 0 Å². The number of nitrogens with one attached hydrogen (secondary N) is 1. The smallest absolute Gasteiger partial charge is 0.180 e. The monoisotopic (exact) mass is 350 g/mol. The van der Waals surface area contributed by atoms with E-state index in [1.807, 2.05) is 4.40 Å². The number of aromatic nitrogens is 3. The maximum atomic E-state index is 9.62. The lowest BCUT2D eigenvalue weighted by Gasteiger charge is -2.15. The topological polar surface area (TPSA) is 62.5 Å². The fourth-order valence-electron chi connectivity index (χ4n) is 3.26. The average molecular weight is 351 g/mol. The summed E-state index contributed by atoms with van der Waals surface area (Å²) in [6.07, 6.45) is 6.42. The Labute approximate surface area is 143 Å². The number of nitrogens with zero attached hydrogens (tertiary/aromatic N) is 3. The molecule has 0 unspecified atom stereocenters. The van der Waals surface area contributed by atoms with E-state index in [1.54, 1.807) is 18.3 Å². The first-order chi connectivity index (χ1) is 11.2. The number of aliphatic hydroxyl groups excluding tert-OH is 1. The highest BCUT2D eigenvalue weighted by molar-refractivity contribution is 6.42. The molecular formula is C16H16Cl2N4O. The summed E-state index contributed by atoms with van der Waals surface area (Å²) in [4.78, 5) is 9.13. The highest BCUT2D eigenvalue weighted by Crippen LogP contribution is 2.31. The number of benzene rings is 1. The molecule has 4 rings (SSSR count). The van der Waals surface area contributed by atoms with E-state index >= 15 is 0 Å². The SMILES string of the molecule is OCc1cnc2c(NC3CCCC3)nc3cc(Cl)c(Cl)cc3n12. The van der Waals surface area contributed by atoms with Crippen molar-refractivity contribution >= 4 is 45.7 Å². The van der Waals surface area contributed by atoms with Crippen LogP contribution in [0.1, 0.15) is 31.4 Å². The number of rotatable bonds is 3. The molecule has 5 nitrogen and oxygen atoms in total. The Hall–Kier alpha value is -1.56. The Morgan fingerprint density at radius 1 is 1.22 bits per heavy atom. The molecule has 0 bridgehead atoms. The van der Waals surface area contributed by atoms with Gasteiger partial charge in [-0.2, -0.15) is 0 Å². The molecule has 0 spiro atoms. The standard InChI is InChI=1S/C16H16Cl2N4O/c17-11-5-13-14(6-12(11)18)22-10(8-23)7-19-16(22)15(21-13)20-9-3-1-2-4-9/h5-7,9,23H,1-4,8H2,(H,20,21). The summed E-state index contributed by atoms with van der Waals surface area (Å²) in [5.74, 6) is 0.725. The van der Waals surface area contributed by atoms with Crippen LogP contribution in [-0.4, -0.2) is 25.5 Å². The molecule has 3 aromatic rings. The summed E-state index contributed by atoms with van der Waals surface area (Å²) < 4.78 is 1.89. The molecule has 1 aromatic carbocycles. The molecule has 2 heterocycles. The number of imidazole rings is 1. The maximum Gasteiger partial charge on any atom is 0.180 e. The summed E-state index contributed by atoms with van der Waals surface area (Å²) >= 11 is 12.3. The fraction of sp³-hybridized carbons (Fsp3) is 0.375. The molecular weight excluding hydrogens is 335 g/mol. The Morgan fingerprint density at radius 2 is 1.96 bits per heavy atom. The van der Waals surface area contributed by atoms with Gasteiger partial charge in [0.15, 0.2) is 11.5 Å². The van der Waals surface area contributed by atoms with E-state index in [1.165, 1.54) is 12.8 Å². The van der Waals surface area contributed by atoms with Gasteiger partial charge in [-0.1, -0.05) is 36.0 Å². The molecule has 1 aliphatic carbocycles. The van der Waals surface area contributed by atoms with E-state index in [2.05, 4.69) is 10.3 Å². The van der Waals surface area contributed by atoms with Crippen LogP contribution in [0.25, 0.3) is 16.7 Å². The van der Waals surface area contributed by atoms with Gasteiger partial charge in [-0.3, -0.25) is 4.40 Å². The zero-order chi connectivity index (χ0) is 16.0. The number of halogens is 2. The Morgan fingerprint density at radius 3 is 2.70 bits per heavy atom. The first-order valence-electron chi connectivity index (χ1n) is 7.70. The number of fused-ring (bicyclic) bond motifs is 3. The molecule has 1 fully saturated rings. The largest absolute Gasteiger partial charge is 0.390 e. The van der Waals surface area contributed by atoms with Crippen LogP contribution >= 0.6 is 23.2 Å². The highest BCUT2D eigenvalue weighted by atomic mass is 35.5. The van der Waals surface area contributed by atoms with E-state index in [9.17, 15) is 5.11 Å². The summed E-state index contributed by atoms with van der Waals surface area (Å²) in [5, 5.41) is 14.0. The van der Waals surface area contributed by atoms with Gasteiger partial charge in [-0.15, -0.1) is 0 Å². The van der Waals surface area contributed by atoms with Crippen molar-refractivity contribution in [3.63, 3.8) is 0 Å². The van der Waals surface area contributed by atoms with Gasteiger partial charge in [0.25, 0.3) is 0 Å². The molecule has 0 amide bonds. The minimum absolute atomic E-state index is 0.108. The third-order valence-electron chi connectivity index (χ3n) is 4.40. The van der Waals surface area contributed by atoms with E-state index in [-0.39, 0.29) is 6.61 Å². The quantitative estimate of drug-likeness (QED) is 0.748. The van der Waals surface area contributed by atoms with Crippen LogP contribution in [0.15, 0.2) is 18.3 Å².